The van der Waals surface area contributed by atoms with Gasteiger partial charge >= 0.3 is 12.1 Å². The van der Waals surface area contributed by atoms with Crippen molar-refractivity contribution in [3.05, 3.63) is 29.3 Å². The summed E-state index contributed by atoms with van der Waals surface area (Å²) in [5.41, 5.74) is 1.45. The molecule has 2 amide bonds. The third-order valence-electron chi connectivity index (χ3n) is 5.60. The number of aliphatic hydroxyl groups is 1. The number of hydrogen-bond donors (Lipinski definition) is 3. The minimum Gasteiger partial charge on any atom is -0.490 e. The van der Waals surface area contributed by atoms with Crippen LogP contribution in [0.25, 0.3) is 0 Å². The van der Waals surface area contributed by atoms with Gasteiger partial charge in [-0.05, 0) is 56.9 Å². The fourth-order valence-corrected chi connectivity index (χ4v) is 3.88. The number of aliphatic carboxylic acids is 1. The number of hydrogen-bond acceptors (Lipinski definition) is 7. The third kappa shape index (κ3) is 7.57. The van der Waals surface area contributed by atoms with Crippen LogP contribution >= 0.6 is 0 Å². The van der Waals surface area contributed by atoms with Gasteiger partial charge in [0.25, 0.3) is 0 Å². The Morgan fingerprint density at radius 3 is 2.40 bits per heavy atom. The summed E-state index contributed by atoms with van der Waals surface area (Å²) in [4.78, 5) is 43.4. The SMILES string of the molecule is CC(=O)NC(=NC1CCN(C(=O)OC(C)(C)C)CC1)N1Cc2ccc(OC[C@@H](O)C(=O)O)cc2C1. The molecular weight excluding hydrogens is 456 g/mol. The highest BCUT2D eigenvalue weighted by Crippen LogP contribution is 2.27. The fourth-order valence-electron chi connectivity index (χ4n) is 3.88. The Kier molecular flexibility index (Phi) is 8.21. The van der Waals surface area contributed by atoms with E-state index in [1.54, 1.807) is 17.0 Å². The highest BCUT2D eigenvalue weighted by atomic mass is 16.6. The number of carbonyl (C=O) groups excluding carboxylic acids is 2. The van der Waals surface area contributed by atoms with E-state index in [0.717, 1.165) is 11.1 Å². The van der Waals surface area contributed by atoms with Gasteiger partial charge in [0.1, 0.15) is 18.0 Å². The van der Waals surface area contributed by atoms with Crippen LogP contribution in [0.15, 0.2) is 23.2 Å². The lowest BCUT2D eigenvalue weighted by Crippen LogP contribution is -2.45. The van der Waals surface area contributed by atoms with Gasteiger partial charge in [0.05, 0.1) is 6.04 Å². The van der Waals surface area contributed by atoms with Crippen LogP contribution in [-0.2, 0) is 27.4 Å². The number of carboxylic acids is 1. The molecule has 2 aliphatic rings. The number of rotatable bonds is 5. The highest BCUT2D eigenvalue weighted by Gasteiger charge is 2.29. The summed E-state index contributed by atoms with van der Waals surface area (Å²) >= 11 is 0. The molecule has 0 aliphatic carbocycles. The number of benzene rings is 1. The molecule has 1 atom stereocenters. The van der Waals surface area contributed by atoms with E-state index < -0.39 is 17.7 Å². The van der Waals surface area contributed by atoms with Crippen molar-refractivity contribution in [2.24, 2.45) is 4.99 Å². The predicted molar refractivity (Wildman–Crippen MR) is 127 cm³/mol. The number of aliphatic hydroxyl groups excluding tert-OH is 1. The number of aliphatic imine (C=N–C) groups is 1. The molecule has 1 fully saturated rings. The molecule has 0 saturated carbocycles. The molecule has 11 heteroatoms. The van der Waals surface area contributed by atoms with Crippen molar-refractivity contribution in [2.45, 2.75) is 71.4 Å². The maximum Gasteiger partial charge on any atom is 0.410 e. The molecule has 1 aromatic rings. The smallest absolute Gasteiger partial charge is 0.410 e. The van der Waals surface area contributed by atoms with Gasteiger partial charge in [-0.25, -0.2) is 14.6 Å². The standard InChI is InChI=1S/C24H34N4O7/c1-15(29)25-22(26-18-7-9-27(10-8-18)23(33)35-24(2,3)4)28-12-16-5-6-19(11-17(16)13-28)34-14-20(30)21(31)32/h5-6,11,18,20,30H,7-10,12-14H2,1-4H3,(H,31,32)(H,25,26,29)/t20-/m1/s1. The van der Waals surface area contributed by atoms with Crippen molar-refractivity contribution < 1.29 is 34.1 Å². The summed E-state index contributed by atoms with van der Waals surface area (Å²) in [6, 6.07) is 5.35. The van der Waals surface area contributed by atoms with E-state index in [9.17, 15) is 19.5 Å². The Hall–Kier alpha value is -3.34. The molecule has 192 valence electrons. The van der Waals surface area contributed by atoms with Crippen molar-refractivity contribution in [1.82, 2.24) is 15.1 Å². The van der Waals surface area contributed by atoms with Crippen LogP contribution < -0.4 is 10.1 Å². The van der Waals surface area contributed by atoms with Crippen LogP contribution in [-0.4, -0.2) is 81.4 Å². The second-order valence-corrected chi connectivity index (χ2v) is 9.78. The Labute approximate surface area is 204 Å². The summed E-state index contributed by atoms with van der Waals surface area (Å²) in [5, 5.41) is 21.0. The molecule has 0 radical (unpaired) electrons. The van der Waals surface area contributed by atoms with Crippen LogP contribution in [0, 0.1) is 0 Å². The largest absolute Gasteiger partial charge is 0.490 e. The summed E-state index contributed by atoms with van der Waals surface area (Å²) in [7, 11) is 0. The first kappa shape index (κ1) is 26.3. The van der Waals surface area contributed by atoms with Crippen molar-refractivity contribution in [2.75, 3.05) is 19.7 Å². The lowest BCUT2D eigenvalue weighted by atomic mass is 10.1. The Morgan fingerprint density at radius 1 is 1.14 bits per heavy atom. The maximum atomic E-state index is 12.3. The summed E-state index contributed by atoms with van der Waals surface area (Å²) in [6.45, 7) is 8.69. The minimum absolute atomic E-state index is 0.0457. The van der Waals surface area contributed by atoms with Gasteiger partial charge in [-0.3, -0.25) is 10.1 Å². The van der Waals surface area contributed by atoms with E-state index in [-0.39, 0.29) is 24.6 Å². The number of ether oxygens (including phenoxy) is 2. The van der Waals surface area contributed by atoms with Crippen LogP contribution in [0.4, 0.5) is 4.79 Å². The number of carboxylic acid groups (broad SMARTS) is 1. The first-order valence-electron chi connectivity index (χ1n) is 11.6. The van der Waals surface area contributed by atoms with Gasteiger partial charge in [-0.1, -0.05) is 6.07 Å². The summed E-state index contributed by atoms with van der Waals surface area (Å²) < 4.78 is 10.9. The average Bonchev–Trinajstić information content (AvgIpc) is 3.19. The number of fused-ring (bicyclic) bond motifs is 1. The van der Waals surface area contributed by atoms with Gasteiger partial charge in [0, 0.05) is 33.1 Å². The summed E-state index contributed by atoms with van der Waals surface area (Å²) in [5.74, 6) is -0.630. The van der Waals surface area contributed by atoms with Crippen LogP contribution in [0.5, 0.6) is 5.75 Å². The van der Waals surface area contributed by atoms with E-state index in [1.807, 2.05) is 31.7 Å². The number of nitrogens with one attached hydrogen (secondary N) is 1. The van der Waals surface area contributed by atoms with Gasteiger partial charge in [0.15, 0.2) is 6.10 Å². The highest BCUT2D eigenvalue weighted by molar-refractivity contribution is 5.96. The van der Waals surface area contributed by atoms with E-state index in [4.69, 9.17) is 19.6 Å². The Morgan fingerprint density at radius 2 is 1.80 bits per heavy atom. The van der Waals surface area contributed by atoms with Gasteiger partial charge in [-0.15, -0.1) is 0 Å². The quantitative estimate of drug-likeness (QED) is 0.419. The molecule has 0 unspecified atom stereocenters. The molecule has 3 N–H and O–H groups in total. The first-order valence-corrected chi connectivity index (χ1v) is 11.6. The zero-order valence-corrected chi connectivity index (χ0v) is 20.6. The third-order valence-corrected chi connectivity index (χ3v) is 5.60. The van der Waals surface area contributed by atoms with E-state index >= 15 is 0 Å². The number of carbonyl (C=O) groups is 3. The van der Waals surface area contributed by atoms with E-state index in [1.165, 1.54) is 6.92 Å². The second kappa shape index (κ2) is 10.9. The van der Waals surface area contributed by atoms with Crippen molar-refractivity contribution in [3.63, 3.8) is 0 Å². The zero-order valence-electron chi connectivity index (χ0n) is 20.6. The number of amides is 2. The van der Waals surface area contributed by atoms with E-state index in [2.05, 4.69) is 5.32 Å². The lowest BCUT2D eigenvalue weighted by Gasteiger charge is -2.33. The second-order valence-electron chi connectivity index (χ2n) is 9.78. The van der Waals surface area contributed by atoms with Crippen molar-refractivity contribution in [3.8, 4) is 5.75 Å². The van der Waals surface area contributed by atoms with Gasteiger partial charge in [0.2, 0.25) is 11.9 Å². The molecule has 11 nitrogen and oxygen atoms in total. The number of guanidine groups is 1. The number of likely N-dealkylation sites (tertiary alicyclic amines) is 1. The predicted octanol–water partition coefficient (Wildman–Crippen LogP) is 1.72. The van der Waals surface area contributed by atoms with Gasteiger partial charge < -0.3 is 29.5 Å². The van der Waals surface area contributed by atoms with Crippen molar-refractivity contribution >= 4 is 23.9 Å². The minimum atomic E-state index is -1.60. The molecule has 35 heavy (non-hydrogen) atoms. The molecule has 0 aromatic heterocycles. The Bertz CT molecular complexity index is 981. The number of piperidine rings is 1. The van der Waals surface area contributed by atoms with Crippen molar-refractivity contribution in [1.29, 1.82) is 0 Å². The first-order chi connectivity index (χ1) is 16.4. The molecule has 1 aromatic carbocycles. The average molecular weight is 491 g/mol. The van der Waals surface area contributed by atoms with Crippen LogP contribution in [0.2, 0.25) is 0 Å². The molecular formula is C24H34N4O7. The normalized spacial score (nSPS) is 17.6. The summed E-state index contributed by atoms with van der Waals surface area (Å²) in [6.07, 6.45) is -0.606. The zero-order chi connectivity index (χ0) is 25.8. The van der Waals surface area contributed by atoms with Crippen LogP contribution in [0.1, 0.15) is 51.7 Å². The molecule has 2 heterocycles. The van der Waals surface area contributed by atoms with Crippen LogP contribution in [0.3, 0.4) is 0 Å². The maximum absolute atomic E-state index is 12.3. The number of nitrogens with zero attached hydrogens (tertiary/aromatic N) is 3. The topological polar surface area (TPSA) is 141 Å². The molecule has 3 rings (SSSR count). The Balaban J connectivity index is 1.63. The monoisotopic (exact) mass is 490 g/mol. The molecule has 1 saturated heterocycles. The fraction of sp³-hybridized carbons (Fsp3) is 0.583. The van der Waals surface area contributed by atoms with Gasteiger partial charge in [-0.2, -0.15) is 0 Å². The lowest BCUT2D eigenvalue weighted by molar-refractivity contribution is -0.148. The molecule has 0 bridgehead atoms. The van der Waals surface area contributed by atoms with E-state index in [0.29, 0.717) is 50.7 Å². The molecule has 0 spiro atoms. The molecule has 2 aliphatic heterocycles.